The van der Waals surface area contributed by atoms with Gasteiger partial charge in [-0.05, 0) is 87.1 Å². The molecule has 6 heteroatoms. The van der Waals surface area contributed by atoms with Crippen LogP contribution in [-0.2, 0) is 6.54 Å². The second-order valence-corrected chi connectivity index (χ2v) is 9.63. The quantitative estimate of drug-likeness (QED) is 0.227. The molecule has 0 fully saturated rings. The molecular weight excluding hydrogens is 638 g/mol. The smallest absolute Gasteiger partial charge is 0.260 e. The SMILES string of the molecule is O=C(Nc1ccccc1C(=O)N(Cc1ccccc1)c1ccccc1I)c1ccccc1I. The Hall–Kier alpha value is -2.72. The summed E-state index contributed by atoms with van der Waals surface area (Å²) in [6.45, 7) is 0.415. The van der Waals surface area contributed by atoms with Gasteiger partial charge >= 0.3 is 0 Å². The Morgan fingerprint density at radius 3 is 1.94 bits per heavy atom. The molecule has 4 aromatic rings. The van der Waals surface area contributed by atoms with Gasteiger partial charge < -0.3 is 10.2 Å². The number of carbonyl (C=O) groups is 2. The predicted octanol–water partition coefficient (Wildman–Crippen LogP) is 7.00. The van der Waals surface area contributed by atoms with Crippen LogP contribution >= 0.6 is 45.2 Å². The Bertz CT molecular complexity index is 1290. The number of anilines is 2. The Morgan fingerprint density at radius 1 is 0.667 bits per heavy atom. The van der Waals surface area contributed by atoms with Gasteiger partial charge in [-0.2, -0.15) is 0 Å². The van der Waals surface area contributed by atoms with Crippen LogP contribution < -0.4 is 10.2 Å². The highest BCUT2D eigenvalue weighted by molar-refractivity contribution is 14.1. The summed E-state index contributed by atoms with van der Waals surface area (Å²) >= 11 is 4.38. The molecule has 33 heavy (non-hydrogen) atoms. The van der Waals surface area contributed by atoms with Gasteiger partial charge in [0.05, 0.1) is 29.0 Å². The molecule has 1 N–H and O–H groups in total. The van der Waals surface area contributed by atoms with Gasteiger partial charge in [-0.3, -0.25) is 9.59 Å². The van der Waals surface area contributed by atoms with Gasteiger partial charge in [0.25, 0.3) is 11.8 Å². The maximum Gasteiger partial charge on any atom is 0.260 e. The highest BCUT2D eigenvalue weighted by Crippen LogP contribution is 2.28. The Morgan fingerprint density at radius 2 is 1.24 bits per heavy atom. The van der Waals surface area contributed by atoms with Gasteiger partial charge in [-0.15, -0.1) is 0 Å². The van der Waals surface area contributed by atoms with E-state index < -0.39 is 0 Å². The lowest BCUT2D eigenvalue weighted by Gasteiger charge is -2.25. The van der Waals surface area contributed by atoms with Crippen molar-refractivity contribution < 1.29 is 9.59 Å². The van der Waals surface area contributed by atoms with Crippen molar-refractivity contribution in [1.82, 2.24) is 0 Å². The zero-order valence-corrected chi connectivity index (χ0v) is 21.9. The van der Waals surface area contributed by atoms with Gasteiger partial charge in [0.2, 0.25) is 0 Å². The summed E-state index contributed by atoms with van der Waals surface area (Å²) < 4.78 is 1.82. The fourth-order valence-electron chi connectivity index (χ4n) is 3.46. The fraction of sp³-hybridized carbons (Fsp3) is 0.0370. The highest BCUT2D eigenvalue weighted by atomic mass is 127. The van der Waals surface area contributed by atoms with Crippen molar-refractivity contribution in [3.05, 3.63) is 127 Å². The third-order valence-electron chi connectivity index (χ3n) is 5.10. The third kappa shape index (κ3) is 5.62. The topological polar surface area (TPSA) is 49.4 Å². The molecule has 0 heterocycles. The molecule has 0 atom stereocenters. The normalized spacial score (nSPS) is 10.5. The van der Waals surface area contributed by atoms with E-state index in [1.165, 1.54) is 0 Å². The van der Waals surface area contributed by atoms with E-state index in [1.54, 1.807) is 23.1 Å². The number of nitrogens with zero attached hydrogens (tertiary/aromatic N) is 1. The monoisotopic (exact) mass is 658 g/mol. The molecule has 4 nitrogen and oxygen atoms in total. The number of para-hydroxylation sites is 2. The molecule has 0 aliphatic carbocycles. The van der Waals surface area contributed by atoms with Crippen LogP contribution in [0.3, 0.4) is 0 Å². The number of rotatable bonds is 6. The second kappa shape index (κ2) is 10.9. The lowest BCUT2D eigenvalue weighted by atomic mass is 10.1. The lowest BCUT2D eigenvalue weighted by Crippen LogP contribution is -2.32. The van der Waals surface area contributed by atoms with E-state index in [9.17, 15) is 9.59 Å². The zero-order chi connectivity index (χ0) is 23.2. The average molecular weight is 658 g/mol. The number of halogens is 2. The minimum Gasteiger partial charge on any atom is -0.321 e. The zero-order valence-electron chi connectivity index (χ0n) is 17.5. The van der Waals surface area contributed by atoms with E-state index in [4.69, 9.17) is 0 Å². The van der Waals surface area contributed by atoms with Gasteiger partial charge in [0, 0.05) is 7.14 Å². The van der Waals surface area contributed by atoms with E-state index in [0.29, 0.717) is 23.4 Å². The second-order valence-electron chi connectivity index (χ2n) is 7.31. The van der Waals surface area contributed by atoms with Crippen molar-refractivity contribution in [3.8, 4) is 0 Å². The van der Waals surface area contributed by atoms with Crippen molar-refractivity contribution in [2.75, 3.05) is 10.2 Å². The summed E-state index contributed by atoms with van der Waals surface area (Å²) in [5.41, 5.74) is 3.33. The van der Waals surface area contributed by atoms with E-state index in [1.807, 2.05) is 84.9 Å². The summed E-state index contributed by atoms with van der Waals surface area (Å²) in [5.74, 6) is -0.425. The number of benzene rings is 4. The van der Waals surface area contributed by atoms with Crippen molar-refractivity contribution in [3.63, 3.8) is 0 Å². The van der Waals surface area contributed by atoms with Crippen LogP contribution in [0.2, 0.25) is 0 Å². The molecule has 0 aliphatic heterocycles. The summed E-state index contributed by atoms with van der Waals surface area (Å²) in [4.78, 5) is 28.6. The molecule has 0 radical (unpaired) electrons. The van der Waals surface area contributed by atoms with Crippen molar-refractivity contribution >= 4 is 68.4 Å². The molecule has 0 saturated carbocycles. The summed E-state index contributed by atoms with van der Waals surface area (Å²) in [7, 11) is 0. The fourth-order valence-corrected chi connectivity index (χ4v) is 4.77. The first-order valence-electron chi connectivity index (χ1n) is 10.3. The molecule has 4 rings (SSSR count). The maximum atomic E-state index is 13.9. The third-order valence-corrected chi connectivity index (χ3v) is 6.95. The summed E-state index contributed by atoms with van der Waals surface area (Å²) in [6, 6.07) is 32.2. The predicted molar refractivity (Wildman–Crippen MR) is 150 cm³/mol. The molecule has 0 spiro atoms. The van der Waals surface area contributed by atoms with Crippen LogP contribution in [-0.4, -0.2) is 11.8 Å². The number of nitrogens with one attached hydrogen (secondary N) is 1. The summed E-state index contributed by atoms with van der Waals surface area (Å²) in [6.07, 6.45) is 0. The van der Waals surface area contributed by atoms with E-state index in [0.717, 1.165) is 18.4 Å². The van der Waals surface area contributed by atoms with Crippen LogP contribution in [0, 0.1) is 7.14 Å². The van der Waals surface area contributed by atoms with Gasteiger partial charge in [-0.1, -0.05) is 66.7 Å². The Labute approximate surface area is 220 Å². The summed E-state index contributed by atoms with van der Waals surface area (Å²) in [5, 5.41) is 2.94. The van der Waals surface area contributed by atoms with Crippen LogP contribution in [0.25, 0.3) is 0 Å². The van der Waals surface area contributed by atoms with E-state index >= 15 is 0 Å². The Balaban J connectivity index is 1.70. The van der Waals surface area contributed by atoms with Crippen molar-refractivity contribution in [1.29, 1.82) is 0 Å². The maximum absolute atomic E-state index is 13.9. The lowest BCUT2D eigenvalue weighted by molar-refractivity contribution is 0.0986. The first-order valence-corrected chi connectivity index (χ1v) is 12.5. The molecule has 0 saturated heterocycles. The first-order chi connectivity index (χ1) is 16.0. The molecule has 4 aromatic carbocycles. The van der Waals surface area contributed by atoms with Crippen molar-refractivity contribution in [2.45, 2.75) is 6.54 Å². The molecule has 2 amide bonds. The molecule has 0 unspecified atom stereocenters. The number of hydrogen-bond donors (Lipinski definition) is 1. The number of amides is 2. The van der Waals surface area contributed by atoms with Crippen LogP contribution in [0.1, 0.15) is 26.3 Å². The minimum atomic E-state index is -0.246. The van der Waals surface area contributed by atoms with Crippen LogP contribution in [0.5, 0.6) is 0 Å². The van der Waals surface area contributed by atoms with E-state index in [-0.39, 0.29) is 11.8 Å². The largest absolute Gasteiger partial charge is 0.321 e. The molecule has 0 aliphatic rings. The highest BCUT2D eigenvalue weighted by Gasteiger charge is 2.23. The van der Waals surface area contributed by atoms with Gasteiger partial charge in [-0.25, -0.2) is 0 Å². The number of hydrogen-bond acceptors (Lipinski definition) is 2. The minimum absolute atomic E-state index is 0.179. The molecule has 0 aromatic heterocycles. The molecular formula is C27H20I2N2O2. The van der Waals surface area contributed by atoms with Crippen LogP contribution in [0.4, 0.5) is 11.4 Å². The van der Waals surface area contributed by atoms with Crippen LogP contribution in [0.15, 0.2) is 103 Å². The standard InChI is InChI=1S/C27H20I2N2O2/c28-22-14-6-4-12-20(22)26(32)30-24-16-8-5-13-21(24)27(33)31(18-19-10-2-1-3-11-19)25-17-9-7-15-23(25)29/h1-17H,18H2,(H,30,32). The van der Waals surface area contributed by atoms with Gasteiger partial charge in [0.15, 0.2) is 0 Å². The first kappa shape index (κ1) is 23.4. The molecule has 0 bridgehead atoms. The van der Waals surface area contributed by atoms with E-state index in [2.05, 4.69) is 50.5 Å². The molecule has 164 valence electrons. The number of carbonyl (C=O) groups excluding carboxylic acids is 2. The van der Waals surface area contributed by atoms with Crippen molar-refractivity contribution in [2.24, 2.45) is 0 Å². The average Bonchev–Trinajstić information content (AvgIpc) is 2.84. The Kier molecular flexibility index (Phi) is 7.77. The van der Waals surface area contributed by atoms with Gasteiger partial charge in [0.1, 0.15) is 0 Å².